The summed E-state index contributed by atoms with van der Waals surface area (Å²) in [5.41, 5.74) is 7.36. The number of allylic oxidation sites excluding steroid dienone is 1. The summed E-state index contributed by atoms with van der Waals surface area (Å²) in [6, 6.07) is 4.43. The second-order valence-electron chi connectivity index (χ2n) is 8.29. The number of fused-ring (bicyclic) bond motifs is 2. The summed E-state index contributed by atoms with van der Waals surface area (Å²) in [5, 5.41) is 4.44. The summed E-state index contributed by atoms with van der Waals surface area (Å²) in [4.78, 5) is 12.7. The molecule has 3 aliphatic rings. The molecule has 30 heavy (non-hydrogen) atoms. The number of nitrogens with zero attached hydrogens (tertiary/aromatic N) is 3. The van der Waals surface area contributed by atoms with Gasteiger partial charge < -0.3 is 25.4 Å². The second-order valence-corrected chi connectivity index (χ2v) is 10.5. The molecule has 3 N–H and O–H groups in total. The Balaban J connectivity index is 1.55. The minimum atomic E-state index is -0.640. The zero-order valence-corrected chi connectivity index (χ0v) is 20.7. The maximum Gasteiger partial charge on any atom is 0.246 e. The quantitative estimate of drug-likeness (QED) is 0.423. The zero-order valence-electron chi connectivity index (χ0n) is 17.7. The Morgan fingerprint density at radius 3 is 2.77 bits per heavy atom. The highest BCUT2D eigenvalue weighted by Gasteiger charge is 2.37. The van der Waals surface area contributed by atoms with Crippen molar-refractivity contribution in [3.05, 3.63) is 27.5 Å². The van der Waals surface area contributed by atoms with E-state index in [1.807, 2.05) is 32.1 Å². The minimum Gasteiger partial charge on any atom is -0.449 e. The molecule has 2 unspecified atom stereocenters. The smallest absolute Gasteiger partial charge is 0.246 e. The molecule has 162 valence electrons. The van der Waals surface area contributed by atoms with E-state index in [0.29, 0.717) is 6.04 Å². The molecule has 0 saturated heterocycles. The molecule has 0 fully saturated rings. The van der Waals surface area contributed by atoms with Crippen molar-refractivity contribution in [2.45, 2.75) is 63.0 Å². The van der Waals surface area contributed by atoms with Crippen molar-refractivity contribution < 1.29 is 9.47 Å². The third kappa shape index (κ3) is 4.63. The number of halogens is 1. The Hall–Kier alpha value is -1.30. The number of nitrogens with one attached hydrogen (secondary N) is 1. The normalized spacial score (nSPS) is 23.6. The number of amidine groups is 1. The fraction of sp³-hybridized carbons (Fsp3) is 0.524. The number of nitrogens with two attached hydrogens (primary N) is 1. The van der Waals surface area contributed by atoms with E-state index in [9.17, 15) is 0 Å². The number of aliphatic imine (C=N–C) groups is 2. The summed E-state index contributed by atoms with van der Waals surface area (Å²) >= 11 is 3.99. The van der Waals surface area contributed by atoms with E-state index in [1.54, 1.807) is 18.0 Å². The van der Waals surface area contributed by atoms with Crippen molar-refractivity contribution in [2.75, 3.05) is 13.1 Å². The fourth-order valence-corrected chi connectivity index (χ4v) is 5.36. The van der Waals surface area contributed by atoms with Crippen LogP contribution in [0, 0.1) is 3.57 Å². The van der Waals surface area contributed by atoms with Gasteiger partial charge in [-0.15, -0.1) is 0 Å². The highest BCUT2D eigenvalue weighted by molar-refractivity contribution is 14.1. The number of benzene rings is 1. The van der Waals surface area contributed by atoms with Crippen LogP contribution in [0.15, 0.2) is 38.8 Å². The van der Waals surface area contributed by atoms with Gasteiger partial charge in [-0.1, -0.05) is 25.6 Å². The van der Waals surface area contributed by atoms with Gasteiger partial charge in [0.05, 0.1) is 0 Å². The maximum atomic E-state index is 6.23. The lowest BCUT2D eigenvalue weighted by molar-refractivity contribution is -0.0432. The molecule has 0 spiro atoms. The lowest BCUT2D eigenvalue weighted by atomic mass is 10.1. The third-order valence-corrected chi connectivity index (χ3v) is 7.27. The van der Waals surface area contributed by atoms with Crippen LogP contribution in [0.3, 0.4) is 0 Å². The van der Waals surface area contributed by atoms with Gasteiger partial charge in [0.2, 0.25) is 5.79 Å². The van der Waals surface area contributed by atoms with E-state index in [0.717, 1.165) is 50.3 Å². The molecule has 2 atom stereocenters. The number of rotatable bonds is 6. The predicted octanol–water partition coefficient (Wildman–Crippen LogP) is 3.57. The zero-order chi connectivity index (χ0) is 21.5. The van der Waals surface area contributed by atoms with E-state index in [4.69, 9.17) is 20.2 Å². The van der Waals surface area contributed by atoms with Crippen LogP contribution in [0.4, 0.5) is 0 Å². The Kier molecular flexibility index (Phi) is 6.34. The molecular formula is C21H28IN5O2S. The fourth-order valence-electron chi connectivity index (χ4n) is 3.60. The summed E-state index contributed by atoms with van der Waals surface area (Å²) in [6.07, 6.45) is 4.51. The van der Waals surface area contributed by atoms with Crippen LogP contribution in [0.5, 0.6) is 11.5 Å². The first-order valence-electron chi connectivity index (χ1n) is 10.2. The van der Waals surface area contributed by atoms with Gasteiger partial charge in [0.25, 0.3) is 0 Å². The van der Waals surface area contributed by atoms with Crippen molar-refractivity contribution in [3.8, 4) is 11.5 Å². The Bertz CT molecular complexity index is 915. The molecule has 7 nitrogen and oxygen atoms in total. The van der Waals surface area contributed by atoms with Gasteiger partial charge >= 0.3 is 0 Å². The van der Waals surface area contributed by atoms with Gasteiger partial charge in [-0.25, -0.2) is 4.99 Å². The van der Waals surface area contributed by atoms with E-state index in [1.165, 1.54) is 0 Å². The average Bonchev–Trinajstić information content (AvgIpc) is 3.15. The molecule has 1 aromatic rings. The van der Waals surface area contributed by atoms with Crippen LogP contribution in [0.2, 0.25) is 0 Å². The number of thioether (sulfide) groups is 1. The van der Waals surface area contributed by atoms with Gasteiger partial charge in [-0.2, -0.15) is 0 Å². The van der Waals surface area contributed by atoms with Gasteiger partial charge in [-0.05, 0) is 53.8 Å². The monoisotopic (exact) mass is 541 g/mol. The molecule has 0 bridgehead atoms. The van der Waals surface area contributed by atoms with Gasteiger partial charge in [0.1, 0.15) is 12.2 Å². The molecule has 0 radical (unpaired) electrons. The highest BCUT2D eigenvalue weighted by Crippen LogP contribution is 2.45. The molecule has 0 saturated carbocycles. The Labute approximate surface area is 195 Å². The van der Waals surface area contributed by atoms with E-state index in [2.05, 4.69) is 51.6 Å². The minimum absolute atomic E-state index is 0.124. The first-order chi connectivity index (χ1) is 14.2. The average molecular weight is 541 g/mol. The predicted molar refractivity (Wildman–Crippen MR) is 131 cm³/mol. The van der Waals surface area contributed by atoms with Gasteiger partial charge in [0.15, 0.2) is 16.7 Å². The van der Waals surface area contributed by atoms with Crippen LogP contribution >= 0.6 is 34.4 Å². The molecule has 0 aliphatic carbocycles. The van der Waals surface area contributed by atoms with E-state index in [-0.39, 0.29) is 12.2 Å². The standard InChI is InChI=1S/C21H28IN5O2S/c1-12(2)24-7-5-9-27-14-6-8-25-19(23)18(14)26-20(27)30-17-11-16-15(10-13(17)22)28-21(3,4)29-16/h6,8,10-12,18-19,24H,5,7,9,23H2,1-4H3. The summed E-state index contributed by atoms with van der Waals surface area (Å²) < 4.78 is 12.9. The summed E-state index contributed by atoms with van der Waals surface area (Å²) in [5.74, 6) is 0.912. The highest BCUT2D eigenvalue weighted by atomic mass is 127. The van der Waals surface area contributed by atoms with Crippen LogP contribution < -0.4 is 20.5 Å². The maximum absolute atomic E-state index is 6.23. The summed E-state index contributed by atoms with van der Waals surface area (Å²) in [7, 11) is 0. The molecule has 0 amide bonds. The first kappa shape index (κ1) is 21.9. The van der Waals surface area contributed by atoms with Crippen LogP contribution in [-0.2, 0) is 0 Å². The van der Waals surface area contributed by atoms with E-state index >= 15 is 0 Å². The second kappa shape index (κ2) is 8.68. The van der Waals surface area contributed by atoms with E-state index < -0.39 is 5.79 Å². The Morgan fingerprint density at radius 2 is 2.03 bits per heavy atom. The Morgan fingerprint density at radius 1 is 1.30 bits per heavy atom. The topological polar surface area (TPSA) is 84.5 Å². The van der Waals surface area contributed by atoms with Crippen LogP contribution in [0.25, 0.3) is 0 Å². The number of hydrogen-bond acceptors (Lipinski definition) is 8. The third-order valence-electron chi connectivity index (χ3n) is 4.94. The van der Waals surface area contributed by atoms with Crippen molar-refractivity contribution >= 4 is 45.7 Å². The van der Waals surface area contributed by atoms with Crippen molar-refractivity contribution in [3.63, 3.8) is 0 Å². The SMILES string of the molecule is CC(C)NCCCN1C2=CC=NC(N)C2N=C1Sc1cc2c(cc1I)OC(C)(C)O2. The molecular weight excluding hydrogens is 513 g/mol. The number of hydrogen-bond donors (Lipinski definition) is 2. The van der Waals surface area contributed by atoms with Gasteiger partial charge in [-0.3, -0.25) is 4.99 Å². The van der Waals surface area contributed by atoms with Gasteiger partial charge in [0, 0.05) is 46.8 Å². The molecule has 1 aromatic carbocycles. The molecule has 9 heteroatoms. The first-order valence-corrected chi connectivity index (χ1v) is 12.1. The number of ether oxygens (including phenoxy) is 2. The van der Waals surface area contributed by atoms with Crippen molar-refractivity contribution in [1.82, 2.24) is 10.2 Å². The lowest BCUT2D eigenvalue weighted by Crippen LogP contribution is -2.38. The van der Waals surface area contributed by atoms with Crippen molar-refractivity contribution in [1.29, 1.82) is 0 Å². The van der Waals surface area contributed by atoms with Crippen molar-refractivity contribution in [2.24, 2.45) is 15.7 Å². The molecule has 3 heterocycles. The lowest BCUT2D eigenvalue weighted by Gasteiger charge is -2.26. The molecule has 0 aromatic heterocycles. The molecule has 4 rings (SSSR count). The largest absolute Gasteiger partial charge is 0.449 e. The summed E-state index contributed by atoms with van der Waals surface area (Å²) in [6.45, 7) is 10.00. The van der Waals surface area contributed by atoms with Crippen LogP contribution in [0.1, 0.15) is 34.1 Å². The molecule has 3 aliphatic heterocycles. The van der Waals surface area contributed by atoms with Crippen LogP contribution in [-0.4, -0.2) is 53.4 Å². The number of dihydropyridines is 1.